The summed E-state index contributed by atoms with van der Waals surface area (Å²) in [4.78, 5) is 0.369. The van der Waals surface area contributed by atoms with Gasteiger partial charge in [-0.15, -0.1) is 0 Å². The smallest absolute Gasteiger partial charge is 0.181 e. The lowest BCUT2D eigenvalue weighted by molar-refractivity contribution is 0.413. The van der Waals surface area contributed by atoms with Gasteiger partial charge in [0.2, 0.25) is 0 Å². The van der Waals surface area contributed by atoms with E-state index >= 15 is 0 Å². The predicted molar refractivity (Wildman–Crippen MR) is 70.7 cm³/mol. The largest absolute Gasteiger partial charge is 0.497 e. The molecular weight excluding hydrogens is 250 g/mol. The molecule has 4 nitrogen and oxygen atoms in total. The highest BCUT2D eigenvalue weighted by Crippen LogP contribution is 2.25. The predicted octanol–water partition coefficient (Wildman–Crippen LogP) is 1.61. The highest BCUT2D eigenvalue weighted by atomic mass is 32.2. The lowest BCUT2D eigenvalue weighted by Crippen LogP contribution is -2.23. The molecule has 1 heterocycles. The van der Waals surface area contributed by atoms with Crippen LogP contribution in [0.5, 0.6) is 5.75 Å². The molecule has 1 unspecified atom stereocenters. The molecule has 0 radical (unpaired) electrons. The fourth-order valence-electron chi connectivity index (χ4n) is 2.27. The Labute approximate surface area is 108 Å². The molecule has 1 saturated heterocycles. The van der Waals surface area contributed by atoms with Crippen LogP contribution in [-0.4, -0.2) is 33.9 Å². The zero-order valence-corrected chi connectivity index (χ0v) is 11.4. The van der Waals surface area contributed by atoms with Gasteiger partial charge in [-0.05, 0) is 50.6 Å². The summed E-state index contributed by atoms with van der Waals surface area (Å²) >= 11 is 0. The summed E-state index contributed by atoms with van der Waals surface area (Å²) in [5, 5.41) is 2.96. The molecule has 1 aliphatic heterocycles. The van der Waals surface area contributed by atoms with Gasteiger partial charge in [-0.2, -0.15) is 0 Å². The van der Waals surface area contributed by atoms with Crippen LogP contribution in [0.25, 0.3) is 0 Å². The third kappa shape index (κ3) is 2.84. The summed E-state index contributed by atoms with van der Waals surface area (Å²) in [6.07, 6.45) is 2.32. The van der Waals surface area contributed by atoms with Crippen molar-refractivity contribution in [1.29, 1.82) is 0 Å². The maximum absolute atomic E-state index is 12.5. The standard InChI is InChI=1S/C13H19NO3S/c1-17-11-4-2-5-13(10-11)18(15,16)12-6-3-8-14-9-7-12/h2,4-5,10,12,14H,3,6-9H2,1H3. The molecule has 5 heteroatoms. The Morgan fingerprint density at radius 3 is 2.89 bits per heavy atom. The van der Waals surface area contributed by atoms with Crippen molar-refractivity contribution in [1.82, 2.24) is 5.32 Å². The van der Waals surface area contributed by atoms with Gasteiger partial charge >= 0.3 is 0 Å². The molecule has 0 amide bonds. The van der Waals surface area contributed by atoms with Crippen LogP contribution in [0.1, 0.15) is 19.3 Å². The second-order valence-corrected chi connectivity index (χ2v) is 6.75. The van der Waals surface area contributed by atoms with E-state index in [4.69, 9.17) is 4.74 Å². The molecule has 18 heavy (non-hydrogen) atoms. The Morgan fingerprint density at radius 1 is 1.28 bits per heavy atom. The molecule has 0 bridgehead atoms. The number of hydrogen-bond acceptors (Lipinski definition) is 4. The van der Waals surface area contributed by atoms with E-state index in [0.717, 1.165) is 25.9 Å². The number of methoxy groups -OCH3 is 1. The molecule has 1 fully saturated rings. The maximum atomic E-state index is 12.5. The molecule has 0 saturated carbocycles. The number of nitrogens with one attached hydrogen (secondary N) is 1. The van der Waals surface area contributed by atoms with Crippen LogP contribution in [0.15, 0.2) is 29.2 Å². The van der Waals surface area contributed by atoms with E-state index in [1.54, 1.807) is 31.4 Å². The molecule has 0 aromatic heterocycles. The van der Waals surface area contributed by atoms with Gasteiger partial charge in [-0.3, -0.25) is 0 Å². The normalized spacial score (nSPS) is 21.3. The second-order valence-electron chi connectivity index (χ2n) is 4.53. The average Bonchev–Trinajstić information content (AvgIpc) is 2.68. The van der Waals surface area contributed by atoms with E-state index in [2.05, 4.69) is 5.32 Å². The van der Waals surface area contributed by atoms with E-state index in [1.807, 2.05) is 0 Å². The molecule has 100 valence electrons. The number of sulfone groups is 1. The highest BCUT2D eigenvalue weighted by Gasteiger charge is 2.28. The zero-order valence-electron chi connectivity index (χ0n) is 10.6. The topological polar surface area (TPSA) is 55.4 Å². The molecule has 1 aromatic carbocycles. The van der Waals surface area contributed by atoms with Crippen LogP contribution in [0, 0.1) is 0 Å². The number of ether oxygens (including phenoxy) is 1. The molecule has 1 aromatic rings. The van der Waals surface area contributed by atoms with Crippen molar-refractivity contribution in [3.63, 3.8) is 0 Å². The van der Waals surface area contributed by atoms with E-state index in [0.29, 0.717) is 17.1 Å². The van der Waals surface area contributed by atoms with Crippen molar-refractivity contribution in [3.8, 4) is 5.75 Å². The van der Waals surface area contributed by atoms with Gasteiger partial charge in [0.1, 0.15) is 5.75 Å². The van der Waals surface area contributed by atoms with Crippen LogP contribution < -0.4 is 10.1 Å². The van der Waals surface area contributed by atoms with Crippen molar-refractivity contribution in [2.45, 2.75) is 29.4 Å². The van der Waals surface area contributed by atoms with Gasteiger partial charge in [-0.25, -0.2) is 8.42 Å². The lowest BCUT2D eigenvalue weighted by atomic mass is 10.2. The average molecular weight is 269 g/mol. The van der Waals surface area contributed by atoms with Crippen LogP contribution in [0.4, 0.5) is 0 Å². The van der Waals surface area contributed by atoms with Crippen LogP contribution in [0.3, 0.4) is 0 Å². The zero-order chi connectivity index (χ0) is 13.0. The fourth-order valence-corrected chi connectivity index (χ4v) is 4.11. The Balaban J connectivity index is 2.28. The first-order chi connectivity index (χ1) is 8.64. The molecule has 0 aliphatic carbocycles. The highest BCUT2D eigenvalue weighted by molar-refractivity contribution is 7.92. The Morgan fingerprint density at radius 2 is 2.11 bits per heavy atom. The maximum Gasteiger partial charge on any atom is 0.181 e. The van der Waals surface area contributed by atoms with E-state index in [-0.39, 0.29) is 5.25 Å². The molecule has 1 atom stereocenters. The molecular formula is C13H19NO3S. The first-order valence-corrected chi connectivity index (χ1v) is 7.78. The molecule has 1 aliphatic rings. The van der Waals surface area contributed by atoms with E-state index in [1.165, 1.54) is 0 Å². The summed E-state index contributed by atoms with van der Waals surface area (Å²) < 4.78 is 30.1. The first kappa shape index (κ1) is 13.4. The fraction of sp³-hybridized carbons (Fsp3) is 0.538. The molecule has 0 spiro atoms. The van der Waals surface area contributed by atoms with Crippen LogP contribution >= 0.6 is 0 Å². The summed E-state index contributed by atoms with van der Waals surface area (Å²) in [6, 6.07) is 6.73. The van der Waals surface area contributed by atoms with Gasteiger partial charge in [0.25, 0.3) is 0 Å². The minimum atomic E-state index is -3.24. The number of benzene rings is 1. The van der Waals surface area contributed by atoms with Gasteiger partial charge in [0.15, 0.2) is 9.84 Å². The lowest BCUT2D eigenvalue weighted by Gasteiger charge is -2.15. The van der Waals surface area contributed by atoms with Crippen molar-refractivity contribution in [3.05, 3.63) is 24.3 Å². The van der Waals surface area contributed by atoms with Crippen LogP contribution in [-0.2, 0) is 9.84 Å². The number of hydrogen-bond donors (Lipinski definition) is 1. The molecule has 1 N–H and O–H groups in total. The Hall–Kier alpha value is -1.07. The van der Waals surface area contributed by atoms with E-state index in [9.17, 15) is 8.42 Å². The van der Waals surface area contributed by atoms with Crippen molar-refractivity contribution in [2.24, 2.45) is 0 Å². The Bertz CT molecular complexity index is 491. The quantitative estimate of drug-likeness (QED) is 0.906. The summed E-state index contributed by atoms with van der Waals surface area (Å²) in [7, 11) is -1.70. The monoisotopic (exact) mass is 269 g/mol. The van der Waals surface area contributed by atoms with Crippen molar-refractivity contribution >= 4 is 9.84 Å². The third-order valence-electron chi connectivity index (χ3n) is 3.33. The van der Waals surface area contributed by atoms with Gasteiger partial charge in [0.05, 0.1) is 17.3 Å². The summed E-state index contributed by atoms with van der Waals surface area (Å²) in [5.41, 5.74) is 0. The van der Waals surface area contributed by atoms with Gasteiger partial charge in [-0.1, -0.05) is 6.07 Å². The van der Waals surface area contributed by atoms with E-state index < -0.39 is 9.84 Å². The van der Waals surface area contributed by atoms with Crippen molar-refractivity contribution in [2.75, 3.05) is 20.2 Å². The minimum absolute atomic E-state index is 0.278. The SMILES string of the molecule is COc1cccc(S(=O)(=O)C2CCCNCC2)c1. The van der Waals surface area contributed by atoms with Crippen LogP contribution in [0.2, 0.25) is 0 Å². The summed E-state index contributed by atoms with van der Waals surface area (Å²) in [6.45, 7) is 1.68. The third-order valence-corrected chi connectivity index (χ3v) is 5.59. The van der Waals surface area contributed by atoms with Gasteiger partial charge in [0, 0.05) is 0 Å². The first-order valence-electron chi connectivity index (χ1n) is 6.23. The molecule has 2 rings (SSSR count). The number of rotatable bonds is 3. The Kier molecular flexibility index (Phi) is 4.24. The summed E-state index contributed by atoms with van der Waals surface area (Å²) in [5.74, 6) is 0.586. The van der Waals surface area contributed by atoms with Gasteiger partial charge < -0.3 is 10.1 Å². The van der Waals surface area contributed by atoms with Crippen molar-refractivity contribution < 1.29 is 13.2 Å². The minimum Gasteiger partial charge on any atom is -0.497 e. The second kappa shape index (κ2) is 5.71.